The van der Waals surface area contributed by atoms with Gasteiger partial charge in [-0.05, 0) is 171 Å². The van der Waals surface area contributed by atoms with Crippen LogP contribution in [0, 0.1) is 0 Å². The summed E-state index contributed by atoms with van der Waals surface area (Å²) in [6.07, 6.45) is 8.15. The number of halogens is 2. The molecule has 0 saturated heterocycles. The number of nitrogens with two attached hydrogens (primary N) is 2. The number of hydrogen-bond donors (Lipinski definition) is 18. The first-order chi connectivity index (χ1) is 53.6. The SMILES string of the molecule is CCCCCCCCCCNC(=O)C(N)CCCCNCc1c(O)cc2c(c1O)-c1cc(ccc1O)[C@H]1NC(=O)[C@@H]3NC(=O)[C@H]4NC(=O)[C@@H](Cc5ccc(c(Cl)c5)Oc5cc3cc(c5O)Oc3ccc(cc3Cl)[C@@H](O)[C@H](NC1=O)C(=O)N[C@@H]2C(=O)NCCCN(C)C)NC(=O)[C@@H](N)c1ccc(O)c(c1)Oc1cc(O)cc4c1. The third kappa shape index (κ3) is 19.6. The number of carbonyl (C=O) groups is 8. The van der Waals surface area contributed by atoms with E-state index in [2.05, 4.69) is 54.8 Å². The van der Waals surface area contributed by atoms with Gasteiger partial charge in [-0.3, -0.25) is 38.4 Å². The second-order valence-corrected chi connectivity index (χ2v) is 29.3. The summed E-state index contributed by atoms with van der Waals surface area (Å²) in [6, 6.07) is 7.56. The van der Waals surface area contributed by atoms with Crippen LogP contribution >= 0.6 is 23.2 Å². The molecule has 0 saturated carbocycles. The maximum Gasteiger partial charge on any atom is 0.248 e. The molecule has 32 heteroatoms. The number of aliphatic hydroxyl groups excluding tert-OH is 1. The Labute approximate surface area is 655 Å². The van der Waals surface area contributed by atoms with Gasteiger partial charge in [0.05, 0.1) is 21.7 Å². The molecule has 6 aliphatic heterocycles. The zero-order chi connectivity index (χ0) is 80.2. The van der Waals surface area contributed by atoms with Gasteiger partial charge in [0.25, 0.3) is 0 Å². The Morgan fingerprint density at radius 2 is 1.14 bits per heavy atom. The van der Waals surface area contributed by atoms with E-state index in [0.717, 1.165) is 62.1 Å². The van der Waals surface area contributed by atoms with E-state index in [0.29, 0.717) is 44.3 Å². The molecule has 20 N–H and O–H groups in total. The molecule has 594 valence electrons. The molecule has 0 aromatic heterocycles. The molecule has 13 rings (SSSR count). The number of benzene rings is 7. The first-order valence-electron chi connectivity index (χ1n) is 37.1. The number of rotatable bonds is 22. The molecule has 7 aromatic rings. The van der Waals surface area contributed by atoms with Crippen LogP contribution in [0.5, 0.6) is 69.0 Å². The first-order valence-corrected chi connectivity index (χ1v) is 37.9. The van der Waals surface area contributed by atoms with Crippen molar-refractivity contribution in [3.63, 3.8) is 0 Å². The molecule has 9 atom stereocenters. The van der Waals surface area contributed by atoms with E-state index in [1.807, 2.05) is 19.0 Å². The summed E-state index contributed by atoms with van der Waals surface area (Å²) in [6.45, 7) is 3.21. The van der Waals surface area contributed by atoms with Gasteiger partial charge in [-0.25, -0.2) is 0 Å². The fourth-order valence-corrected chi connectivity index (χ4v) is 14.2. The minimum atomic E-state index is -2.19. The molecule has 0 spiro atoms. The monoisotopic (exact) mass is 1580 g/mol. The predicted molar refractivity (Wildman–Crippen MR) is 413 cm³/mol. The molecule has 0 radical (unpaired) electrons. The molecular formula is C80H92Cl2N12O18. The van der Waals surface area contributed by atoms with Gasteiger partial charge in [0.2, 0.25) is 53.0 Å². The second-order valence-electron chi connectivity index (χ2n) is 28.5. The highest BCUT2D eigenvalue weighted by molar-refractivity contribution is 6.32. The highest BCUT2D eigenvalue weighted by atomic mass is 35.5. The van der Waals surface area contributed by atoms with Crippen LogP contribution < -0.4 is 73.5 Å². The zero-order valence-electron chi connectivity index (χ0n) is 61.8. The smallest absolute Gasteiger partial charge is 0.248 e. The van der Waals surface area contributed by atoms with Gasteiger partial charge in [-0.2, -0.15) is 0 Å². The summed E-state index contributed by atoms with van der Waals surface area (Å²) in [5.74, 6) is -13.9. The number of hydrogen-bond acceptors (Lipinski definition) is 22. The standard InChI is InChI=1S/C80H92Cl2N12O18/c1-4-5-6-7-8-9-10-12-25-86-73(102)53(83)15-11-13-24-85-39-50-57(98)38-49-63(71(50)100)48-32-42(18-20-55(48)96)65-77(106)93-69(80(109)92-68(49)76(105)87-26-14-27-94(2)3)70(99)43-19-23-59(52(82)33-43)112-62-36-45-35-61(72(62)101)111-58-22-16-40(28-51(58)81)29-54-74(103)89-66(78(107)91-67(45)79(108)90-65)44-30-46(95)37-47(31-44)110-60-34-41(17-21-56(60)97)64(84)75(104)88-54/h16-23,28,30-38,53-54,64-70,85,95-101H,4-15,24-27,29,39,83-84H2,1-3H3,(H,86,102)(H,87,105)(H,88,104)(H,89,103)(H,90,108)(H,91,107)(H,92,109)(H,93,106)/t53?,54-,64+,65-,66+,67-,68+,69+,70-/m1/s1. The van der Waals surface area contributed by atoms with Crippen molar-refractivity contribution in [3.05, 3.63) is 164 Å². The van der Waals surface area contributed by atoms with Crippen molar-refractivity contribution in [3.8, 4) is 80.1 Å². The van der Waals surface area contributed by atoms with Crippen molar-refractivity contribution < 1.29 is 88.3 Å². The van der Waals surface area contributed by atoms with Crippen LogP contribution in [0.25, 0.3) is 11.1 Å². The van der Waals surface area contributed by atoms with Crippen molar-refractivity contribution in [2.24, 2.45) is 11.5 Å². The number of carbonyl (C=O) groups excluding carboxylic acids is 8. The minimum absolute atomic E-state index is 0.0168. The summed E-state index contributed by atoms with van der Waals surface area (Å²) in [5.41, 5.74) is 11.0. The van der Waals surface area contributed by atoms with Crippen molar-refractivity contribution in [1.29, 1.82) is 0 Å². The maximum atomic E-state index is 16.2. The Kier molecular flexibility index (Phi) is 26.9. The highest BCUT2D eigenvalue weighted by Gasteiger charge is 2.42. The summed E-state index contributed by atoms with van der Waals surface area (Å²) >= 11 is 14.0. The maximum absolute atomic E-state index is 16.2. The van der Waals surface area contributed by atoms with E-state index in [9.17, 15) is 50.1 Å². The van der Waals surface area contributed by atoms with E-state index in [1.165, 1.54) is 98.5 Å². The average molecular weight is 1580 g/mol. The fourth-order valence-electron chi connectivity index (χ4n) is 13.8. The van der Waals surface area contributed by atoms with Crippen molar-refractivity contribution in [1.82, 2.24) is 52.8 Å². The van der Waals surface area contributed by atoms with Crippen LogP contribution in [0.2, 0.25) is 10.0 Å². The Bertz CT molecular complexity index is 4720. The van der Waals surface area contributed by atoms with Crippen LogP contribution in [-0.2, 0) is 51.3 Å². The number of nitrogens with zero attached hydrogens (tertiary/aromatic N) is 1. The summed E-state index contributed by atoms with van der Waals surface area (Å²) in [7, 11) is 3.63. The number of nitrogens with one attached hydrogen (secondary N) is 9. The van der Waals surface area contributed by atoms with Gasteiger partial charge in [0.1, 0.15) is 88.6 Å². The molecule has 1 unspecified atom stereocenters. The number of fused-ring (bicyclic) bond motifs is 14. The largest absolute Gasteiger partial charge is 0.508 e. The molecule has 17 bridgehead atoms. The number of aromatic hydroxyl groups is 6. The Morgan fingerprint density at radius 3 is 1.83 bits per heavy atom. The van der Waals surface area contributed by atoms with Gasteiger partial charge >= 0.3 is 0 Å². The lowest BCUT2D eigenvalue weighted by molar-refractivity contribution is -0.137. The Morgan fingerprint density at radius 1 is 0.545 bits per heavy atom. The van der Waals surface area contributed by atoms with Crippen molar-refractivity contribution in [2.45, 2.75) is 151 Å². The molecule has 30 nitrogen and oxygen atoms in total. The van der Waals surface area contributed by atoms with Gasteiger partial charge in [-0.15, -0.1) is 0 Å². The minimum Gasteiger partial charge on any atom is -0.508 e. The number of amides is 8. The van der Waals surface area contributed by atoms with E-state index < -0.39 is 142 Å². The lowest BCUT2D eigenvalue weighted by Gasteiger charge is -2.32. The summed E-state index contributed by atoms with van der Waals surface area (Å²) in [5, 5.41) is 109. The predicted octanol–water partition coefficient (Wildman–Crippen LogP) is 7.81. The third-order valence-electron chi connectivity index (χ3n) is 19.9. The normalized spacial score (nSPS) is 19.9. The molecule has 0 aliphatic carbocycles. The van der Waals surface area contributed by atoms with E-state index >= 15 is 24.0 Å². The number of ether oxygens (including phenoxy) is 3. The van der Waals surface area contributed by atoms with Crippen LogP contribution in [0.4, 0.5) is 0 Å². The third-order valence-corrected chi connectivity index (χ3v) is 20.5. The van der Waals surface area contributed by atoms with Crippen LogP contribution in [0.3, 0.4) is 0 Å². The summed E-state index contributed by atoms with van der Waals surface area (Å²) in [4.78, 5) is 122. The van der Waals surface area contributed by atoms with E-state index in [-0.39, 0.29) is 115 Å². The number of phenols is 6. The Balaban J connectivity index is 1.02. The zero-order valence-corrected chi connectivity index (χ0v) is 63.3. The first kappa shape index (κ1) is 81.9. The fraction of sp³-hybridized carbons (Fsp3) is 0.375. The van der Waals surface area contributed by atoms with Gasteiger partial charge < -0.3 is 114 Å². The number of aliphatic hydroxyl groups is 1. The number of phenolic OH excluding ortho intramolecular Hbond substituents is 6. The van der Waals surface area contributed by atoms with Crippen LogP contribution in [0.1, 0.15) is 165 Å². The lowest BCUT2D eigenvalue weighted by atomic mass is 9.87. The molecule has 8 amide bonds. The second kappa shape index (κ2) is 36.8. The van der Waals surface area contributed by atoms with Gasteiger partial charge in [0.15, 0.2) is 23.0 Å². The van der Waals surface area contributed by atoms with Crippen molar-refractivity contribution in [2.75, 3.05) is 40.3 Å². The molecule has 112 heavy (non-hydrogen) atoms. The topological polar surface area (TPSA) is 469 Å². The molecule has 6 aliphatic rings. The molecule has 7 aromatic carbocycles. The molecular weight excluding hydrogens is 1490 g/mol. The average Bonchev–Trinajstić information content (AvgIpc) is 0.752. The van der Waals surface area contributed by atoms with Gasteiger partial charge in [0, 0.05) is 43.2 Å². The van der Waals surface area contributed by atoms with E-state index in [1.54, 1.807) is 0 Å². The molecule has 6 heterocycles. The van der Waals surface area contributed by atoms with Crippen LogP contribution in [0.15, 0.2) is 109 Å². The molecule has 0 fully saturated rings. The van der Waals surface area contributed by atoms with Crippen molar-refractivity contribution >= 4 is 70.5 Å². The number of unbranched alkanes of at least 4 members (excludes halogenated alkanes) is 8. The lowest BCUT2D eigenvalue weighted by Crippen LogP contribution is -2.56. The highest BCUT2D eigenvalue weighted by Crippen LogP contribution is 2.49. The van der Waals surface area contributed by atoms with Crippen LogP contribution in [-0.4, -0.2) is 146 Å². The van der Waals surface area contributed by atoms with E-state index in [4.69, 9.17) is 48.9 Å². The Hall–Kier alpha value is -11.1. The quantitative estimate of drug-likeness (QED) is 0.0287. The van der Waals surface area contributed by atoms with Gasteiger partial charge in [-0.1, -0.05) is 106 Å². The summed E-state index contributed by atoms with van der Waals surface area (Å²) < 4.78 is 18.7.